The van der Waals surface area contributed by atoms with Crippen LogP contribution in [0.25, 0.3) is 0 Å². The van der Waals surface area contributed by atoms with Crippen LogP contribution < -0.4 is 5.32 Å². The molecule has 0 spiro atoms. The van der Waals surface area contributed by atoms with Gasteiger partial charge in [-0.15, -0.1) is 0 Å². The Balaban J connectivity index is 2.25. The van der Waals surface area contributed by atoms with Gasteiger partial charge in [0.25, 0.3) is 0 Å². The smallest absolute Gasteiger partial charge is 0.143 e. The van der Waals surface area contributed by atoms with E-state index in [1.165, 1.54) is 0 Å². The van der Waals surface area contributed by atoms with Crippen LogP contribution in [0.5, 0.6) is 0 Å². The Morgan fingerprint density at radius 2 is 2.11 bits per heavy atom. The number of aryl methyl sites for hydroxylation is 2. The van der Waals surface area contributed by atoms with E-state index in [4.69, 9.17) is 11.6 Å². The van der Waals surface area contributed by atoms with Gasteiger partial charge in [0.2, 0.25) is 0 Å². The number of nitrogens with one attached hydrogen (secondary N) is 1. The van der Waals surface area contributed by atoms with E-state index in [0.717, 1.165) is 23.4 Å². The number of halogens is 1. The standard InChI is InChI=1S/C14H15ClN4/c1-3-13-12(9-19(2)18-13)14(8-16)17-11-6-4-10(15)5-7-11/h4-7,9,14,17H,3H2,1-2H3. The minimum absolute atomic E-state index is 0.412. The first-order valence-corrected chi connectivity index (χ1v) is 6.46. The summed E-state index contributed by atoms with van der Waals surface area (Å²) >= 11 is 5.84. The van der Waals surface area contributed by atoms with Crippen molar-refractivity contribution in [1.82, 2.24) is 9.78 Å². The van der Waals surface area contributed by atoms with Crippen LogP contribution in [0.2, 0.25) is 5.02 Å². The maximum atomic E-state index is 9.35. The zero-order chi connectivity index (χ0) is 13.8. The van der Waals surface area contributed by atoms with Crippen molar-refractivity contribution in [3.05, 3.63) is 46.7 Å². The maximum absolute atomic E-state index is 9.35. The van der Waals surface area contributed by atoms with E-state index in [1.54, 1.807) is 16.8 Å². The lowest BCUT2D eigenvalue weighted by Gasteiger charge is -2.12. The van der Waals surface area contributed by atoms with Crippen LogP contribution >= 0.6 is 11.6 Å². The van der Waals surface area contributed by atoms with E-state index in [0.29, 0.717) is 5.02 Å². The van der Waals surface area contributed by atoms with Gasteiger partial charge in [-0.1, -0.05) is 18.5 Å². The summed E-state index contributed by atoms with van der Waals surface area (Å²) < 4.78 is 1.74. The first-order valence-electron chi connectivity index (χ1n) is 6.08. The van der Waals surface area contributed by atoms with Crippen LogP contribution in [-0.2, 0) is 13.5 Å². The van der Waals surface area contributed by atoms with Crippen LogP contribution in [0.15, 0.2) is 30.5 Å². The van der Waals surface area contributed by atoms with E-state index < -0.39 is 6.04 Å². The van der Waals surface area contributed by atoms with Crippen molar-refractivity contribution in [2.45, 2.75) is 19.4 Å². The Hall–Kier alpha value is -1.99. The summed E-state index contributed by atoms with van der Waals surface area (Å²) in [5.74, 6) is 0. The molecule has 0 saturated carbocycles. The molecule has 0 amide bonds. The predicted octanol–water partition coefficient (Wildman–Crippen LogP) is 3.31. The van der Waals surface area contributed by atoms with Gasteiger partial charge in [-0.3, -0.25) is 4.68 Å². The average Bonchev–Trinajstić information content (AvgIpc) is 2.79. The molecule has 2 aromatic rings. The van der Waals surface area contributed by atoms with Gasteiger partial charge in [0.15, 0.2) is 0 Å². The summed E-state index contributed by atoms with van der Waals surface area (Å²) in [5.41, 5.74) is 2.72. The van der Waals surface area contributed by atoms with Crippen molar-refractivity contribution in [2.75, 3.05) is 5.32 Å². The van der Waals surface area contributed by atoms with Gasteiger partial charge in [0, 0.05) is 29.5 Å². The molecule has 19 heavy (non-hydrogen) atoms. The van der Waals surface area contributed by atoms with Gasteiger partial charge in [0.1, 0.15) is 6.04 Å². The maximum Gasteiger partial charge on any atom is 0.143 e. The highest BCUT2D eigenvalue weighted by Crippen LogP contribution is 2.23. The molecule has 0 aliphatic rings. The van der Waals surface area contributed by atoms with Gasteiger partial charge < -0.3 is 5.32 Å². The monoisotopic (exact) mass is 274 g/mol. The van der Waals surface area contributed by atoms with E-state index in [-0.39, 0.29) is 0 Å². The summed E-state index contributed by atoms with van der Waals surface area (Å²) in [5, 5.41) is 17.6. The number of anilines is 1. The summed E-state index contributed by atoms with van der Waals surface area (Å²) in [6.07, 6.45) is 2.69. The molecule has 4 nitrogen and oxygen atoms in total. The van der Waals surface area contributed by atoms with Crippen molar-refractivity contribution in [3.63, 3.8) is 0 Å². The fraction of sp³-hybridized carbons (Fsp3) is 0.286. The lowest BCUT2D eigenvalue weighted by Crippen LogP contribution is -2.09. The zero-order valence-electron chi connectivity index (χ0n) is 10.9. The van der Waals surface area contributed by atoms with Crippen molar-refractivity contribution in [2.24, 2.45) is 7.05 Å². The normalized spacial score (nSPS) is 11.9. The molecule has 1 atom stereocenters. The van der Waals surface area contributed by atoms with Crippen LogP contribution in [0.3, 0.4) is 0 Å². The Morgan fingerprint density at radius 1 is 1.42 bits per heavy atom. The molecule has 98 valence electrons. The Bertz CT molecular complexity index is 595. The second kappa shape index (κ2) is 5.77. The second-order valence-corrected chi connectivity index (χ2v) is 4.71. The summed E-state index contributed by atoms with van der Waals surface area (Å²) in [6, 6.07) is 9.16. The minimum atomic E-state index is -0.412. The third-order valence-corrected chi connectivity index (χ3v) is 3.12. The van der Waals surface area contributed by atoms with Crippen LogP contribution in [-0.4, -0.2) is 9.78 Å². The molecule has 0 radical (unpaired) electrons. The largest absolute Gasteiger partial charge is 0.366 e. The number of hydrogen-bond donors (Lipinski definition) is 1. The van der Waals surface area contributed by atoms with Crippen molar-refractivity contribution < 1.29 is 0 Å². The van der Waals surface area contributed by atoms with Crippen LogP contribution in [0.1, 0.15) is 24.2 Å². The first kappa shape index (κ1) is 13.4. The van der Waals surface area contributed by atoms with Gasteiger partial charge in [-0.2, -0.15) is 10.4 Å². The lowest BCUT2D eigenvalue weighted by molar-refractivity contribution is 0.746. The average molecular weight is 275 g/mol. The highest BCUT2D eigenvalue weighted by Gasteiger charge is 2.17. The molecule has 1 unspecified atom stereocenters. The van der Waals surface area contributed by atoms with Crippen LogP contribution in [0.4, 0.5) is 5.69 Å². The topological polar surface area (TPSA) is 53.6 Å². The highest BCUT2D eigenvalue weighted by atomic mass is 35.5. The molecule has 1 aromatic heterocycles. The lowest BCUT2D eigenvalue weighted by atomic mass is 10.1. The van der Waals surface area contributed by atoms with Crippen LogP contribution in [0, 0.1) is 11.3 Å². The van der Waals surface area contributed by atoms with E-state index in [2.05, 4.69) is 16.5 Å². The summed E-state index contributed by atoms with van der Waals surface area (Å²) in [6.45, 7) is 2.03. The van der Waals surface area contributed by atoms with Gasteiger partial charge in [-0.25, -0.2) is 0 Å². The second-order valence-electron chi connectivity index (χ2n) is 4.27. The molecule has 2 rings (SSSR count). The zero-order valence-corrected chi connectivity index (χ0v) is 11.6. The molecule has 0 aliphatic carbocycles. The molecule has 0 bridgehead atoms. The molecule has 1 heterocycles. The Labute approximate surface area is 117 Å². The predicted molar refractivity (Wildman–Crippen MR) is 76.0 cm³/mol. The number of hydrogen-bond acceptors (Lipinski definition) is 3. The van der Waals surface area contributed by atoms with Gasteiger partial charge >= 0.3 is 0 Å². The molecule has 0 aliphatic heterocycles. The van der Waals surface area contributed by atoms with E-state index in [1.807, 2.05) is 32.3 Å². The molecule has 1 aromatic carbocycles. The van der Waals surface area contributed by atoms with Gasteiger partial charge in [-0.05, 0) is 30.7 Å². The van der Waals surface area contributed by atoms with Crippen molar-refractivity contribution in [3.8, 4) is 6.07 Å². The third-order valence-electron chi connectivity index (χ3n) is 2.87. The van der Waals surface area contributed by atoms with E-state index in [9.17, 15) is 5.26 Å². The fourth-order valence-electron chi connectivity index (χ4n) is 1.96. The number of benzene rings is 1. The number of aromatic nitrogens is 2. The summed E-state index contributed by atoms with van der Waals surface area (Å²) in [4.78, 5) is 0. The Morgan fingerprint density at radius 3 is 2.68 bits per heavy atom. The Kier molecular flexibility index (Phi) is 4.08. The highest BCUT2D eigenvalue weighted by molar-refractivity contribution is 6.30. The summed E-state index contributed by atoms with van der Waals surface area (Å²) in [7, 11) is 1.86. The van der Waals surface area contributed by atoms with Gasteiger partial charge in [0.05, 0.1) is 11.8 Å². The molecule has 0 fully saturated rings. The van der Waals surface area contributed by atoms with E-state index >= 15 is 0 Å². The molecular formula is C14H15ClN4. The number of rotatable bonds is 4. The minimum Gasteiger partial charge on any atom is -0.366 e. The molecule has 5 heteroatoms. The number of nitrogens with zero attached hydrogens (tertiary/aromatic N) is 3. The SMILES string of the molecule is CCc1nn(C)cc1C(C#N)Nc1ccc(Cl)cc1. The quantitative estimate of drug-likeness (QED) is 0.931. The molecule has 1 N–H and O–H groups in total. The first-order chi connectivity index (χ1) is 9.13. The number of nitriles is 1. The van der Waals surface area contributed by atoms with Crippen molar-refractivity contribution in [1.29, 1.82) is 5.26 Å². The van der Waals surface area contributed by atoms with Crippen molar-refractivity contribution >= 4 is 17.3 Å². The molecular weight excluding hydrogens is 260 g/mol. The fourth-order valence-corrected chi connectivity index (χ4v) is 2.09. The third kappa shape index (κ3) is 3.07. The molecule has 0 saturated heterocycles.